The Labute approximate surface area is 89.8 Å². The van der Waals surface area contributed by atoms with Crippen molar-refractivity contribution in [2.75, 3.05) is 0 Å². The fourth-order valence-corrected chi connectivity index (χ4v) is 1.40. The molecular weight excluding hydrogens is 227 g/mol. The van der Waals surface area contributed by atoms with E-state index in [2.05, 4.69) is 0 Å². The lowest BCUT2D eigenvalue weighted by Gasteiger charge is -2.21. The van der Waals surface area contributed by atoms with Crippen LogP contribution < -0.4 is 5.32 Å². The van der Waals surface area contributed by atoms with Gasteiger partial charge in [-0.3, -0.25) is 4.79 Å². The number of carboxylic acid groups (broad SMARTS) is 1. The summed E-state index contributed by atoms with van der Waals surface area (Å²) < 4.78 is 37.5. The van der Waals surface area contributed by atoms with E-state index in [9.17, 15) is 22.8 Å². The molecule has 1 aliphatic rings. The van der Waals surface area contributed by atoms with Gasteiger partial charge in [-0.1, -0.05) is 6.92 Å². The predicted octanol–water partition coefficient (Wildman–Crippen LogP) is 1.31. The third-order valence-corrected chi connectivity index (χ3v) is 2.74. The normalized spacial score (nSPS) is 20.0. The Hall–Kier alpha value is -1.27. The third-order valence-electron chi connectivity index (χ3n) is 2.74. The maximum Gasteiger partial charge on any atom is 0.403 e. The highest BCUT2D eigenvalue weighted by atomic mass is 19.4. The van der Waals surface area contributed by atoms with Gasteiger partial charge in [0, 0.05) is 0 Å². The van der Waals surface area contributed by atoms with Crippen LogP contribution in [0, 0.1) is 5.41 Å². The number of aliphatic carboxylic acids is 1. The molecule has 1 fully saturated rings. The zero-order valence-electron chi connectivity index (χ0n) is 8.60. The molecule has 92 valence electrons. The van der Waals surface area contributed by atoms with Crippen LogP contribution in [-0.2, 0) is 9.59 Å². The van der Waals surface area contributed by atoms with Crippen LogP contribution in [0.1, 0.15) is 26.2 Å². The van der Waals surface area contributed by atoms with E-state index in [0.717, 1.165) is 0 Å². The molecule has 1 saturated carbocycles. The average Bonchev–Trinajstić information content (AvgIpc) is 2.92. The molecule has 1 aliphatic carbocycles. The Bertz CT molecular complexity index is 310. The second-order valence-corrected chi connectivity index (χ2v) is 3.85. The minimum Gasteiger partial charge on any atom is -0.480 e. The first-order valence-electron chi connectivity index (χ1n) is 4.85. The van der Waals surface area contributed by atoms with Gasteiger partial charge in [0.2, 0.25) is 5.91 Å². The van der Waals surface area contributed by atoms with E-state index in [1.807, 2.05) is 5.32 Å². The number of nitrogens with one attached hydrogen (secondary N) is 1. The van der Waals surface area contributed by atoms with Crippen molar-refractivity contribution in [2.24, 2.45) is 5.41 Å². The number of rotatable bonds is 4. The molecule has 0 aromatic carbocycles. The standard InChI is InChI=1S/C9H12F3NO3/c1-2-5(6(14)15)13-7(16)8(3-4-8)9(10,11)12/h5H,2-4H2,1H3,(H,13,16)(H,14,15). The summed E-state index contributed by atoms with van der Waals surface area (Å²) in [4.78, 5) is 21.9. The summed E-state index contributed by atoms with van der Waals surface area (Å²) in [6.07, 6.45) is -5.08. The van der Waals surface area contributed by atoms with Crippen molar-refractivity contribution >= 4 is 11.9 Å². The van der Waals surface area contributed by atoms with Gasteiger partial charge < -0.3 is 10.4 Å². The molecule has 7 heteroatoms. The maximum atomic E-state index is 12.5. The van der Waals surface area contributed by atoms with Gasteiger partial charge in [-0.05, 0) is 19.3 Å². The molecule has 0 radical (unpaired) electrons. The molecule has 0 spiro atoms. The molecular formula is C9H12F3NO3. The van der Waals surface area contributed by atoms with E-state index in [1.54, 1.807) is 0 Å². The van der Waals surface area contributed by atoms with Crippen LogP contribution in [0.4, 0.5) is 13.2 Å². The van der Waals surface area contributed by atoms with E-state index in [-0.39, 0.29) is 19.3 Å². The van der Waals surface area contributed by atoms with Crippen LogP contribution in [-0.4, -0.2) is 29.2 Å². The lowest BCUT2D eigenvalue weighted by Crippen LogP contribution is -2.48. The van der Waals surface area contributed by atoms with Crippen molar-refractivity contribution in [2.45, 2.75) is 38.4 Å². The first-order valence-corrected chi connectivity index (χ1v) is 4.85. The molecule has 0 aliphatic heterocycles. The zero-order chi connectivity index (χ0) is 12.6. The fraction of sp³-hybridized carbons (Fsp3) is 0.778. The number of carbonyl (C=O) groups excluding carboxylic acids is 1. The molecule has 1 atom stereocenters. The quantitative estimate of drug-likeness (QED) is 0.777. The zero-order valence-corrected chi connectivity index (χ0v) is 8.60. The molecule has 0 heterocycles. The molecule has 1 rings (SSSR count). The molecule has 2 N–H and O–H groups in total. The summed E-state index contributed by atoms with van der Waals surface area (Å²) in [6.45, 7) is 1.48. The number of carbonyl (C=O) groups is 2. The number of alkyl halides is 3. The highest BCUT2D eigenvalue weighted by Gasteiger charge is 2.68. The highest BCUT2D eigenvalue weighted by molar-refractivity contribution is 5.90. The smallest absolute Gasteiger partial charge is 0.403 e. The predicted molar refractivity (Wildman–Crippen MR) is 47.6 cm³/mol. The van der Waals surface area contributed by atoms with Crippen LogP contribution in [0.3, 0.4) is 0 Å². The average molecular weight is 239 g/mol. The summed E-state index contributed by atoms with van der Waals surface area (Å²) >= 11 is 0. The highest BCUT2D eigenvalue weighted by Crippen LogP contribution is 2.57. The summed E-state index contributed by atoms with van der Waals surface area (Å²) in [7, 11) is 0. The lowest BCUT2D eigenvalue weighted by atomic mass is 10.0. The van der Waals surface area contributed by atoms with Gasteiger partial charge >= 0.3 is 12.1 Å². The number of hydrogen-bond acceptors (Lipinski definition) is 2. The van der Waals surface area contributed by atoms with Gasteiger partial charge in [-0.2, -0.15) is 13.2 Å². The van der Waals surface area contributed by atoms with Crippen molar-refractivity contribution < 1.29 is 27.9 Å². The largest absolute Gasteiger partial charge is 0.480 e. The summed E-state index contributed by atoms with van der Waals surface area (Å²) in [5.74, 6) is -2.55. The molecule has 4 nitrogen and oxygen atoms in total. The Morgan fingerprint density at radius 2 is 1.94 bits per heavy atom. The van der Waals surface area contributed by atoms with Crippen LogP contribution in [0.5, 0.6) is 0 Å². The Kier molecular flexibility index (Phi) is 3.16. The van der Waals surface area contributed by atoms with Gasteiger partial charge in [0.05, 0.1) is 0 Å². The van der Waals surface area contributed by atoms with E-state index in [0.29, 0.717) is 0 Å². The van der Waals surface area contributed by atoms with Crippen molar-refractivity contribution in [3.63, 3.8) is 0 Å². The Morgan fingerprint density at radius 1 is 1.44 bits per heavy atom. The van der Waals surface area contributed by atoms with Crippen LogP contribution >= 0.6 is 0 Å². The molecule has 0 aromatic rings. The van der Waals surface area contributed by atoms with Crippen LogP contribution in [0.2, 0.25) is 0 Å². The summed E-state index contributed by atoms with van der Waals surface area (Å²) in [5.41, 5.74) is -2.35. The van der Waals surface area contributed by atoms with Crippen molar-refractivity contribution in [1.82, 2.24) is 5.32 Å². The number of hydrogen-bond donors (Lipinski definition) is 2. The second kappa shape index (κ2) is 3.95. The minimum atomic E-state index is -4.60. The number of carboxylic acids is 1. The van der Waals surface area contributed by atoms with Gasteiger partial charge in [0.1, 0.15) is 11.5 Å². The molecule has 16 heavy (non-hydrogen) atoms. The molecule has 1 unspecified atom stereocenters. The lowest BCUT2D eigenvalue weighted by molar-refractivity contribution is -0.193. The number of halogens is 3. The fourth-order valence-electron chi connectivity index (χ4n) is 1.40. The first-order chi connectivity index (χ1) is 7.24. The van der Waals surface area contributed by atoms with Crippen molar-refractivity contribution in [3.05, 3.63) is 0 Å². The van der Waals surface area contributed by atoms with E-state index in [1.165, 1.54) is 6.92 Å². The van der Waals surface area contributed by atoms with Crippen LogP contribution in [0.25, 0.3) is 0 Å². The molecule has 0 saturated heterocycles. The van der Waals surface area contributed by atoms with Gasteiger partial charge in [0.15, 0.2) is 0 Å². The topological polar surface area (TPSA) is 66.4 Å². The van der Waals surface area contributed by atoms with Gasteiger partial charge in [-0.15, -0.1) is 0 Å². The third kappa shape index (κ3) is 2.12. The van der Waals surface area contributed by atoms with Crippen molar-refractivity contribution in [3.8, 4) is 0 Å². The SMILES string of the molecule is CCC(NC(=O)C1(C(F)(F)F)CC1)C(=O)O. The number of amides is 1. The second-order valence-electron chi connectivity index (χ2n) is 3.85. The molecule has 1 amide bonds. The maximum absolute atomic E-state index is 12.5. The molecule has 0 bridgehead atoms. The minimum absolute atomic E-state index is 0.0506. The summed E-state index contributed by atoms with van der Waals surface area (Å²) in [5, 5.41) is 10.5. The van der Waals surface area contributed by atoms with E-state index in [4.69, 9.17) is 5.11 Å². The van der Waals surface area contributed by atoms with E-state index < -0.39 is 29.5 Å². The monoisotopic (exact) mass is 239 g/mol. The van der Waals surface area contributed by atoms with Crippen molar-refractivity contribution in [1.29, 1.82) is 0 Å². The van der Waals surface area contributed by atoms with Gasteiger partial charge in [0.25, 0.3) is 0 Å². The first kappa shape index (κ1) is 12.8. The summed E-state index contributed by atoms with van der Waals surface area (Å²) in [6, 6.07) is -1.26. The van der Waals surface area contributed by atoms with Crippen LogP contribution in [0.15, 0.2) is 0 Å². The molecule has 0 aromatic heterocycles. The Morgan fingerprint density at radius 3 is 2.19 bits per heavy atom. The Balaban J connectivity index is 2.70. The van der Waals surface area contributed by atoms with E-state index >= 15 is 0 Å². The van der Waals surface area contributed by atoms with Gasteiger partial charge in [-0.25, -0.2) is 4.79 Å².